The molecule has 1 aromatic rings. The molecule has 0 aromatic heterocycles. The molecule has 0 heterocycles. The van der Waals surface area contributed by atoms with Gasteiger partial charge in [0.2, 0.25) is 0 Å². The normalized spacial score (nSPS) is 12.1. The van der Waals surface area contributed by atoms with Gasteiger partial charge in [-0.25, -0.2) is 4.79 Å². The van der Waals surface area contributed by atoms with Crippen LogP contribution in [-0.2, 0) is 20.7 Å². The topological polar surface area (TPSA) is 43.4 Å². The first-order chi connectivity index (χ1) is 11.6. The number of rotatable bonds is 10. The third kappa shape index (κ3) is 6.95. The van der Waals surface area contributed by atoms with Crippen LogP contribution in [0.25, 0.3) is 0 Å². The van der Waals surface area contributed by atoms with E-state index in [4.69, 9.17) is 4.74 Å². The minimum Gasteiger partial charge on any atom is -0.466 e. The second-order valence-corrected chi connectivity index (χ2v) is 5.77. The van der Waals surface area contributed by atoms with Gasteiger partial charge in [0, 0.05) is 18.4 Å². The van der Waals surface area contributed by atoms with Crippen molar-refractivity contribution in [1.29, 1.82) is 0 Å². The number of allylic oxidation sites excluding steroid dienone is 3. The number of carbonyl (C=O) groups excluding carboxylic acids is 2. The minimum atomic E-state index is -0.320. The lowest BCUT2D eigenvalue weighted by Crippen LogP contribution is -2.10. The average Bonchev–Trinajstić information content (AvgIpc) is 2.62. The van der Waals surface area contributed by atoms with E-state index < -0.39 is 0 Å². The summed E-state index contributed by atoms with van der Waals surface area (Å²) in [5.41, 5.74) is 2.60. The monoisotopic (exact) mass is 328 g/mol. The largest absolute Gasteiger partial charge is 0.466 e. The highest BCUT2D eigenvalue weighted by Crippen LogP contribution is 2.20. The average molecular weight is 328 g/mol. The van der Waals surface area contributed by atoms with E-state index in [9.17, 15) is 9.59 Å². The fraction of sp³-hybridized carbons (Fsp3) is 0.429. The molecular formula is C21H28O3. The summed E-state index contributed by atoms with van der Waals surface area (Å²) in [5.74, 6) is -0.258. The van der Waals surface area contributed by atoms with Crippen LogP contribution in [0.15, 0.2) is 53.6 Å². The summed E-state index contributed by atoms with van der Waals surface area (Å²) >= 11 is 0. The molecule has 24 heavy (non-hydrogen) atoms. The second-order valence-electron chi connectivity index (χ2n) is 5.77. The predicted molar refractivity (Wildman–Crippen MR) is 97.8 cm³/mol. The summed E-state index contributed by atoms with van der Waals surface area (Å²) in [5, 5.41) is 0. The molecule has 3 heteroatoms. The molecule has 0 saturated carbocycles. The van der Waals surface area contributed by atoms with Crippen LogP contribution >= 0.6 is 0 Å². The maximum Gasteiger partial charge on any atom is 0.334 e. The van der Waals surface area contributed by atoms with Crippen molar-refractivity contribution in [3.8, 4) is 0 Å². The second kappa shape index (κ2) is 11.4. The molecule has 130 valence electrons. The van der Waals surface area contributed by atoms with Crippen LogP contribution in [-0.4, -0.2) is 18.9 Å². The highest BCUT2D eigenvalue weighted by atomic mass is 16.5. The van der Waals surface area contributed by atoms with Gasteiger partial charge in [-0.15, -0.1) is 0 Å². The molecule has 3 nitrogen and oxygen atoms in total. The standard InChI is InChI=1S/C21H28O3/c1-4-6-8-13-18(14-15-19(22)5-2)20(21(23)24-3)16-17-11-9-7-10-12-17/h7,9-12,14-15H,4-6,8,13,16H2,1-3H3/b15-14+,20-18+. The Bertz CT molecular complexity index is 582. The Morgan fingerprint density at radius 1 is 1.04 bits per heavy atom. The third-order valence-corrected chi connectivity index (χ3v) is 3.91. The number of esters is 1. The van der Waals surface area contributed by atoms with Crippen LogP contribution in [0.3, 0.4) is 0 Å². The zero-order chi connectivity index (χ0) is 17.8. The third-order valence-electron chi connectivity index (χ3n) is 3.91. The lowest BCUT2D eigenvalue weighted by molar-refractivity contribution is -0.136. The van der Waals surface area contributed by atoms with E-state index in [0.717, 1.165) is 36.8 Å². The van der Waals surface area contributed by atoms with Crippen LogP contribution in [0.5, 0.6) is 0 Å². The number of carbonyl (C=O) groups is 2. The Kier molecular flexibility index (Phi) is 9.44. The van der Waals surface area contributed by atoms with Crippen molar-refractivity contribution in [3.05, 3.63) is 59.2 Å². The van der Waals surface area contributed by atoms with Crippen LogP contribution in [0.2, 0.25) is 0 Å². The molecule has 0 amide bonds. The van der Waals surface area contributed by atoms with Gasteiger partial charge in [-0.05, 0) is 30.1 Å². The summed E-state index contributed by atoms with van der Waals surface area (Å²) in [6.07, 6.45) is 8.33. The van der Waals surface area contributed by atoms with Crippen LogP contribution in [0.4, 0.5) is 0 Å². The van der Waals surface area contributed by atoms with E-state index >= 15 is 0 Å². The minimum absolute atomic E-state index is 0.0620. The Hall–Kier alpha value is -2.16. The Balaban J connectivity index is 3.16. The number of ether oxygens (including phenoxy) is 1. The molecule has 0 aliphatic rings. The first kappa shape index (κ1) is 19.9. The number of hydrogen-bond acceptors (Lipinski definition) is 3. The van der Waals surface area contributed by atoms with Crippen molar-refractivity contribution in [2.75, 3.05) is 7.11 Å². The van der Waals surface area contributed by atoms with Gasteiger partial charge in [0.05, 0.1) is 7.11 Å². The number of unbranched alkanes of at least 4 members (excludes halogenated alkanes) is 2. The summed E-state index contributed by atoms with van der Waals surface area (Å²) in [6.45, 7) is 3.98. The van der Waals surface area contributed by atoms with Gasteiger partial charge in [0.1, 0.15) is 0 Å². The Morgan fingerprint density at radius 2 is 1.75 bits per heavy atom. The van der Waals surface area contributed by atoms with Gasteiger partial charge in [0.25, 0.3) is 0 Å². The van der Waals surface area contributed by atoms with Crippen molar-refractivity contribution in [3.63, 3.8) is 0 Å². The molecule has 1 aromatic carbocycles. The molecule has 0 aliphatic carbocycles. The number of hydrogen-bond donors (Lipinski definition) is 0. The Morgan fingerprint density at radius 3 is 2.33 bits per heavy atom. The van der Waals surface area contributed by atoms with Gasteiger partial charge >= 0.3 is 5.97 Å². The van der Waals surface area contributed by atoms with Crippen molar-refractivity contribution in [2.45, 2.75) is 52.4 Å². The van der Waals surface area contributed by atoms with Crippen LogP contribution in [0.1, 0.15) is 51.5 Å². The maximum atomic E-state index is 12.3. The van der Waals surface area contributed by atoms with E-state index in [2.05, 4.69) is 6.92 Å². The van der Waals surface area contributed by atoms with E-state index in [1.807, 2.05) is 37.3 Å². The molecule has 1 rings (SSSR count). The molecule has 0 radical (unpaired) electrons. The molecule has 0 aliphatic heterocycles. The van der Waals surface area contributed by atoms with Crippen LogP contribution < -0.4 is 0 Å². The molecule has 0 saturated heterocycles. The molecule has 0 atom stereocenters. The highest BCUT2D eigenvalue weighted by molar-refractivity contribution is 5.92. The number of benzene rings is 1. The van der Waals surface area contributed by atoms with Gasteiger partial charge in [-0.3, -0.25) is 4.79 Å². The first-order valence-electron chi connectivity index (χ1n) is 8.67. The molecule has 0 N–H and O–H groups in total. The fourth-order valence-corrected chi connectivity index (χ4v) is 2.45. The first-order valence-corrected chi connectivity index (χ1v) is 8.67. The summed E-state index contributed by atoms with van der Waals surface area (Å²) in [6, 6.07) is 9.85. The van der Waals surface area contributed by atoms with E-state index in [1.54, 1.807) is 12.2 Å². The highest BCUT2D eigenvalue weighted by Gasteiger charge is 2.15. The maximum absolute atomic E-state index is 12.3. The van der Waals surface area contributed by atoms with Crippen molar-refractivity contribution >= 4 is 11.8 Å². The van der Waals surface area contributed by atoms with Crippen LogP contribution in [0, 0.1) is 0 Å². The van der Waals surface area contributed by atoms with Gasteiger partial charge in [-0.1, -0.05) is 63.1 Å². The summed E-state index contributed by atoms with van der Waals surface area (Å²) in [4.78, 5) is 23.9. The summed E-state index contributed by atoms with van der Waals surface area (Å²) in [7, 11) is 1.40. The molecule has 0 unspecified atom stereocenters. The predicted octanol–water partition coefficient (Wildman–Crippen LogP) is 4.81. The fourth-order valence-electron chi connectivity index (χ4n) is 2.45. The molecule has 0 spiro atoms. The summed E-state index contributed by atoms with van der Waals surface area (Å²) < 4.78 is 4.99. The molecular weight excluding hydrogens is 300 g/mol. The molecule has 0 bridgehead atoms. The van der Waals surface area contributed by atoms with Crippen molar-refractivity contribution < 1.29 is 14.3 Å². The number of methoxy groups -OCH3 is 1. The number of ketones is 1. The molecule has 0 fully saturated rings. The zero-order valence-electron chi connectivity index (χ0n) is 15.0. The van der Waals surface area contributed by atoms with Crippen molar-refractivity contribution in [1.82, 2.24) is 0 Å². The van der Waals surface area contributed by atoms with Crippen molar-refractivity contribution in [2.24, 2.45) is 0 Å². The zero-order valence-corrected chi connectivity index (χ0v) is 15.0. The Labute approximate surface area is 145 Å². The SMILES string of the molecule is CCCCCC(/C=C/C(=O)CC)=C(/Cc1ccccc1)C(=O)OC. The van der Waals surface area contributed by atoms with E-state index in [0.29, 0.717) is 18.4 Å². The van der Waals surface area contributed by atoms with E-state index in [-0.39, 0.29) is 11.8 Å². The lowest BCUT2D eigenvalue weighted by atomic mass is 9.95. The van der Waals surface area contributed by atoms with Gasteiger partial charge in [-0.2, -0.15) is 0 Å². The van der Waals surface area contributed by atoms with Gasteiger partial charge < -0.3 is 4.74 Å². The van der Waals surface area contributed by atoms with Gasteiger partial charge in [0.15, 0.2) is 5.78 Å². The lowest BCUT2D eigenvalue weighted by Gasteiger charge is -2.12. The smallest absolute Gasteiger partial charge is 0.334 e. The quantitative estimate of drug-likeness (QED) is 0.268. The van der Waals surface area contributed by atoms with E-state index in [1.165, 1.54) is 7.11 Å².